The number of aromatic nitrogens is 4. The number of carbonyl (C=O) groups is 2. The molecule has 40 heavy (non-hydrogen) atoms. The molecule has 1 aliphatic rings. The Morgan fingerprint density at radius 3 is 2.70 bits per heavy atom. The van der Waals surface area contributed by atoms with Gasteiger partial charge >= 0.3 is 0 Å². The Labute approximate surface area is 235 Å². The summed E-state index contributed by atoms with van der Waals surface area (Å²) in [6, 6.07) is 11.1. The molecule has 1 unspecified atom stereocenters. The zero-order valence-electron chi connectivity index (χ0n) is 22.3. The second-order valence-corrected chi connectivity index (χ2v) is 10.2. The molecule has 208 valence electrons. The van der Waals surface area contributed by atoms with Gasteiger partial charge in [-0.15, -0.1) is 0 Å². The molecule has 3 heterocycles. The number of amides is 2. The summed E-state index contributed by atoms with van der Waals surface area (Å²) >= 11 is 1.09. The van der Waals surface area contributed by atoms with E-state index >= 15 is 0 Å². The van der Waals surface area contributed by atoms with Gasteiger partial charge in [0, 0.05) is 24.8 Å². The molecule has 0 saturated carbocycles. The van der Waals surface area contributed by atoms with Crippen LogP contribution in [0, 0.1) is 0 Å². The number of ether oxygens (including phenoxy) is 1. The molecule has 1 aliphatic heterocycles. The molecule has 5 rings (SSSR count). The Morgan fingerprint density at radius 2 is 1.93 bits per heavy atom. The Kier molecular flexibility index (Phi) is 8.31. The monoisotopic (exact) mass is 561 g/mol. The number of fused-ring (bicyclic) bond motifs is 1. The molecule has 1 fully saturated rings. The van der Waals surface area contributed by atoms with Crippen LogP contribution in [0.5, 0.6) is 5.75 Å². The van der Waals surface area contributed by atoms with Crippen molar-refractivity contribution < 1.29 is 14.3 Å². The molecule has 5 N–H and O–H groups in total. The van der Waals surface area contributed by atoms with Crippen LogP contribution in [-0.2, 0) is 4.79 Å². The van der Waals surface area contributed by atoms with Crippen LogP contribution < -0.4 is 26.4 Å². The third-order valence-corrected chi connectivity index (χ3v) is 7.18. The number of nitrogens with one attached hydrogen (secondary N) is 3. The molecule has 0 spiro atoms. The SMILES string of the molecule is CC(=O)Nc1cc(Nc2ncc(C(N)=O)c(Nc3cccc4nsnc34)n2)ccc1OCC(C)N1CCCCC1. The van der Waals surface area contributed by atoms with Gasteiger partial charge in [0.05, 0.1) is 23.1 Å². The second kappa shape index (κ2) is 12.2. The van der Waals surface area contributed by atoms with E-state index < -0.39 is 5.91 Å². The molecule has 4 aromatic rings. The standard InChI is InChI=1S/C27H31N9O3S/c1-16(36-11-4-3-5-12-36)15-39-23-10-9-18(13-22(23)30-17(2)37)31-27-29-14-19(25(28)38)26(33-27)32-20-7-6-8-21-24(20)35-40-34-21/h6-10,13-14,16H,3-5,11-12,15H2,1-2H3,(H2,28,38)(H,30,37)(H2,29,31,32,33). The fourth-order valence-corrected chi connectivity index (χ4v) is 5.13. The first-order chi connectivity index (χ1) is 19.4. The van der Waals surface area contributed by atoms with Crippen molar-refractivity contribution in [3.63, 3.8) is 0 Å². The van der Waals surface area contributed by atoms with E-state index in [9.17, 15) is 9.59 Å². The van der Waals surface area contributed by atoms with Gasteiger partial charge in [-0.3, -0.25) is 14.5 Å². The molecule has 12 nitrogen and oxygen atoms in total. The summed E-state index contributed by atoms with van der Waals surface area (Å²) < 4.78 is 14.7. The van der Waals surface area contributed by atoms with E-state index in [1.807, 2.05) is 24.3 Å². The van der Waals surface area contributed by atoms with Crippen molar-refractivity contribution in [3.8, 4) is 5.75 Å². The molecule has 1 saturated heterocycles. The van der Waals surface area contributed by atoms with E-state index in [-0.39, 0.29) is 29.3 Å². The first-order valence-electron chi connectivity index (χ1n) is 13.1. The highest BCUT2D eigenvalue weighted by atomic mass is 32.1. The van der Waals surface area contributed by atoms with Crippen LogP contribution in [0.15, 0.2) is 42.6 Å². The van der Waals surface area contributed by atoms with Crippen LogP contribution in [0.3, 0.4) is 0 Å². The Balaban J connectivity index is 1.36. The first-order valence-corrected chi connectivity index (χ1v) is 13.8. The third-order valence-electron chi connectivity index (χ3n) is 6.63. The van der Waals surface area contributed by atoms with Crippen molar-refractivity contribution in [2.24, 2.45) is 5.73 Å². The van der Waals surface area contributed by atoms with E-state index in [4.69, 9.17) is 10.5 Å². The van der Waals surface area contributed by atoms with Crippen LogP contribution >= 0.6 is 11.7 Å². The molecular formula is C27H31N9O3S. The lowest BCUT2D eigenvalue weighted by Crippen LogP contribution is -2.40. The number of carbonyl (C=O) groups excluding carboxylic acids is 2. The summed E-state index contributed by atoms with van der Waals surface area (Å²) in [7, 11) is 0. The van der Waals surface area contributed by atoms with Crippen LogP contribution in [0.4, 0.5) is 28.8 Å². The molecule has 0 bridgehead atoms. The minimum atomic E-state index is -0.675. The van der Waals surface area contributed by atoms with Crippen molar-refractivity contribution in [1.82, 2.24) is 23.6 Å². The normalized spacial score (nSPS) is 14.4. The zero-order valence-corrected chi connectivity index (χ0v) is 23.1. The maximum atomic E-state index is 12.1. The van der Waals surface area contributed by atoms with Crippen molar-refractivity contribution in [2.75, 3.05) is 35.6 Å². The number of piperidine rings is 1. The van der Waals surface area contributed by atoms with Gasteiger partial charge in [0.25, 0.3) is 5.91 Å². The van der Waals surface area contributed by atoms with Crippen molar-refractivity contribution >= 4 is 63.4 Å². The van der Waals surface area contributed by atoms with Crippen LogP contribution in [0.1, 0.15) is 43.5 Å². The highest BCUT2D eigenvalue weighted by Gasteiger charge is 2.19. The quantitative estimate of drug-likeness (QED) is 0.220. The second-order valence-electron chi connectivity index (χ2n) is 9.66. The number of primary amides is 1. The number of hydrogen-bond acceptors (Lipinski definition) is 11. The van der Waals surface area contributed by atoms with Gasteiger partial charge in [-0.1, -0.05) is 12.5 Å². The van der Waals surface area contributed by atoms with E-state index in [2.05, 4.69) is 46.5 Å². The predicted molar refractivity (Wildman–Crippen MR) is 156 cm³/mol. The number of benzene rings is 2. The highest BCUT2D eigenvalue weighted by Crippen LogP contribution is 2.31. The summed E-state index contributed by atoms with van der Waals surface area (Å²) in [6.45, 7) is 6.26. The largest absolute Gasteiger partial charge is 0.490 e. The summed E-state index contributed by atoms with van der Waals surface area (Å²) in [5.74, 6) is 0.120. The zero-order chi connectivity index (χ0) is 28.1. The van der Waals surface area contributed by atoms with E-state index in [0.717, 1.165) is 30.3 Å². The number of hydrogen-bond donors (Lipinski definition) is 4. The van der Waals surface area contributed by atoms with Gasteiger partial charge in [0.1, 0.15) is 34.8 Å². The summed E-state index contributed by atoms with van der Waals surface area (Å²) in [6.07, 6.45) is 5.05. The number of anilines is 5. The molecular weight excluding hydrogens is 530 g/mol. The first kappa shape index (κ1) is 27.2. The Hall–Kier alpha value is -4.36. The van der Waals surface area contributed by atoms with Gasteiger partial charge in [-0.25, -0.2) is 4.98 Å². The smallest absolute Gasteiger partial charge is 0.254 e. The lowest BCUT2D eigenvalue weighted by Gasteiger charge is -2.32. The Bertz CT molecular complexity index is 1520. The number of rotatable bonds is 10. The Morgan fingerprint density at radius 1 is 1.10 bits per heavy atom. The summed E-state index contributed by atoms with van der Waals surface area (Å²) in [5, 5.41) is 9.11. The van der Waals surface area contributed by atoms with Crippen molar-refractivity contribution in [1.29, 1.82) is 0 Å². The maximum absolute atomic E-state index is 12.1. The molecule has 2 aromatic carbocycles. The minimum Gasteiger partial charge on any atom is -0.490 e. The van der Waals surface area contributed by atoms with E-state index in [0.29, 0.717) is 34.9 Å². The van der Waals surface area contributed by atoms with Crippen molar-refractivity contribution in [3.05, 3.63) is 48.2 Å². The van der Waals surface area contributed by atoms with Gasteiger partial charge in [-0.05, 0) is 63.2 Å². The van der Waals surface area contributed by atoms with Crippen LogP contribution in [-0.4, -0.2) is 61.2 Å². The molecule has 2 aromatic heterocycles. The molecule has 0 radical (unpaired) electrons. The van der Waals surface area contributed by atoms with E-state index in [1.54, 1.807) is 12.1 Å². The van der Waals surface area contributed by atoms with Crippen LogP contribution in [0.25, 0.3) is 11.0 Å². The fourth-order valence-electron chi connectivity index (χ4n) is 4.58. The average molecular weight is 562 g/mol. The lowest BCUT2D eigenvalue weighted by molar-refractivity contribution is -0.114. The van der Waals surface area contributed by atoms with Crippen molar-refractivity contribution in [2.45, 2.75) is 39.2 Å². The predicted octanol–water partition coefficient (Wildman–Crippen LogP) is 4.28. The molecule has 0 aliphatic carbocycles. The lowest BCUT2D eigenvalue weighted by atomic mass is 10.1. The van der Waals surface area contributed by atoms with Crippen LogP contribution in [0.2, 0.25) is 0 Å². The molecule has 2 amide bonds. The van der Waals surface area contributed by atoms with Gasteiger partial charge in [0.2, 0.25) is 11.9 Å². The topological polar surface area (TPSA) is 160 Å². The highest BCUT2D eigenvalue weighted by molar-refractivity contribution is 7.00. The third kappa shape index (κ3) is 6.43. The number of nitrogens with zero attached hydrogens (tertiary/aromatic N) is 5. The minimum absolute atomic E-state index is 0.122. The maximum Gasteiger partial charge on any atom is 0.254 e. The van der Waals surface area contributed by atoms with Gasteiger partial charge in [0.15, 0.2) is 0 Å². The molecule has 1 atom stereocenters. The van der Waals surface area contributed by atoms with Gasteiger partial charge < -0.3 is 26.4 Å². The average Bonchev–Trinajstić information content (AvgIpc) is 3.43. The summed E-state index contributed by atoms with van der Waals surface area (Å²) in [4.78, 5) is 35.2. The van der Waals surface area contributed by atoms with Gasteiger partial charge in [-0.2, -0.15) is 13.7 Å². The summed E-state index contributed by atoms with van der Waals surface area (Å²) in [5.41, 5.74) is 8.85. The van der Waals surface area contributed by atoms with E-state index in [1.165, 1.54) is 32.4 Å². The fraction of sp³-hybridized carbons (Fsp3) is 0.333. The molecule has 13 heteroatoms. The number of likely N-dealkylation sites (tertiary alicyclic amines) is 1. The number of nitrogens with two attached hydrogens (primary N) is 1.